The van der Waals surface area contributed by atoms with Crippen LogP contribution in [-0.2, 0) is 4.79 Å². The molecule has 1 saturated heterocycles. The predicted octanol–water partition coefficient (Wildman–Crippen LogP) is 1.07. The van der Waals surface area contributed by atoms with E-state index in [1.54, 1.807) is 22.7 Å². The van der Waals surface area contributed by atoms with Gasteiger partial charge in [-0.15, -0.1) is 11.8 Å². The minimum Gasteiger partial charge on any atom is -0.288 e. The van der Waals surface area contributed by atoms with Crippen molar-refractivity contribution in [2.45, 2.75) is 10.2 Å². The smallest absolute Gasteiger partial charge is 0.245 e. The molecule has 2 heterocycles. The molecule has 3 nitrogen and oxygen atoms in total. The number of thioether (sulfide) groups is 1. The van der Waals surface area contributed by atoms with Crippen LogP contribution in [0.1, 0.15) is 0 Å². The molecule has 0 spiro atoms. The van der Waals surface area contributed by atoms with Crippen LogP contribution in [-0.4, -0.2) is 26.8 Å². The van der Waals surface area contributed by atoms with Gasteiger partial charge in [0.05, 0.1) is 0 Å². The number of nitriles is 1. The van der Waals surface area contributed by atoms with E-state index >= 15 is 0 Å². The van der Waals surface area contributed by atoms with E-state index in [9.17, 15) is 4.79 Å². The summed E-state index contributed by atoms with van der Waals surface area (Å²) in [6, 6.07) is 2.02. The maximum Gasteiger partial charge on any atom is 0.245 e. The average molecular weight is 245 g/mol. The van der Waals surface area contributed by atoms with Crippen molar-refractivity contribution in [3.05, 3.63) is 11.8 Å². The Bertz CT molecular complexity index is 309. The zero-order chi connectivity index (χ0) is 8.72. The van der Waals surface area contributed by atoms with Crippen molar-refractivity contribution in [3.63, 3.8) is 0 Å². The highest BCUT2D eigenvalue weighted by atomic mass is 79.9. The topological polar surface area (TPSA) is 44.1 Å². The molecule has 2 aliphatic heterocycles. The first kappa shape index (κ1) is 8.14. The summed E-state index contributed by atoms with van der Waals surface area (Å²) in [5.74, 6) is 0.819. The van der Waals surface area contributed by atoms with Crippen molar-refractivity contribution < 1.29 is 4.79 Å². The highest BCUT2D eigenvalue weighted by molar-refractivity contribution is 9.10. The zero-order valence-corrected chi connectivity index (χ0v) is 8.43. The summed E-state index contributed by atoms with van der Waals surface area (Å²) < 4.78 is 0. The highest BCUT2D eigenvalue weighted by Gasteiger charge is 2.49. The minimum atomic E-state index is -0.0976. The fourth-order valence-corrected chi connectivity index (χ4v) is 3.29. The molecular weight excluding hydrogens is 240 g/mol. The van der Waals surface area contributed by atoms with Gasteiger partial charge < -0.3 is 0 Å². The quantitative estimate of drug-likeness (QED) is 0.473. The lowest BCUT2D eigenvalue weighted by Gasteiger charge is -2.45. The van der Waals surface area contributed by atoms with Gasteiger partial charge in [-0.1, -0.05) is 15.9 Å². The third-order valence-corrected chi connectivity index (χ3v) is 4.32. The zero-order valence-electron chi connectivity index (χ0n) is 6.03. The Labute approximate surface area is 82.5 Å². The number of hydrogen-bond donors (Lipinski definition) is 0. The van der Waals surface area contributed by atoms with Crippen LogP contribution in [0.3, 0.4) is 0 Å². The molecule has 0 aliphatic carbocycles. The first-order valence-corrected chi connectivity index (χ1v) is 5.41. The number of β-lactam (4-membered cyclic amide) rings is 1. The average Bonchev–Trinajstić information content (AvgIpc) is 2.15. The monoisotopic (exact) mass is 244 g/mol. The molecule has 12 heavy (non-hydrogen) atoms. The molecule has 0 bridgehead atoms. The first-order valence-electron chi connectivity index (χ1n) is 3.44. The van der Waals surface area contributed by atoms with Crippen molar-refractivity contribution in [3.8, 4) is 6.07 Å². The number of rotatable bonds is 0. The van der Waals surface area contributed by atoms with Crippen molar-refractivity contribution in [2.75, 3.05) is 5.75 Å². The van der Waals surface area contributed by atoms with Crippen LogP contribution >= 0.6 is 27.7 Å². The van der Waals surface area contributed by atoms with E-state index < -0.39 is 0 Å². The van der Waals surface area contributed by atoms with E-state index in [2.05, 4.69) is 15.9 Å². The molecule has 62 valence electrons. The molecule has 0 aromatic rings. The second-order valence-electron chi connectivity index (χ2n) is 2.54. The number of hydrogen-bond acceptors (Lipinski definition) is 3. The maximum atomic E-state index is 11.2. The van der Waals surface area contributed by atoms with E-state index in [1.807, 2.05) is 6.07 Å². The van der Waals surface area contributed by atoms with Gasteiger partial charge >= 0.3 is 0 Å². The summed E-state index contributed by atoms with van der Waals surface area (Å²) in [5.41, 5.74) is 0.499. The van der Waals surface area contributed by atoms with Crippen LogP contribution in [0.25, 0.3) is 0 Å². The lowest BCUT2D eigenvalue weighted by molar-refractivity contribution is -0.136. The molecule has 0 unspecified atom stereocenters. The number of amides is 1. The molecule has 2 aliphatic rings. The number of halogens is 1. The number of carbonyl (C=O) groups is 1. The molecule has 0 saturated carbocycles. The summed E-state index contributed by atoms with van der Waals surface area (Å²) in [6.45, 7) is 0. The number of carbonyl (C=O) groups excluding carboxylic acids is 1. The molecule has 5 heteroatoms. The Morgan fingerprint density at radius 1 is 1.83 bits per heavy atom. The SMILES string of the molecule is N#CC1=CCS[C@@H]2[C@@H](Br)C(=O)N12. The lowest BCUT2D eigenvalue weighted by Crippen LogP contribution is -2.60. The fraction of sp³-hybridized carbons (Fsp3) is 0.429. The Morgan fingerprint density at radius 2 is 2.58 bits per heavy atom. The van der Waals surface area contributed by atoms with E-state index in [1.165, 1.54) is 0 Å². The van der Waals surface area contributed by atoms with Gasteiger partial charge in [-0.25, -0.2) is 0 Å². The van der Waals surface area contributed by atoms with Crippen molar-refractivity contribution in [1.29, 1.82) is 5.26 Å². The highest BCUT2D eigenvalue weighted by Crippen LogP contribution is 2.40. The summed E-state index contributed by atoms with van der Waals surface area (Å²) >= 11 is 4.95. The van der Waals surface area contributed by atoms with Gasteiger partial charge in [-0.2, -0.15) is 5.26 Å². The molecule has 0 N–H and O–H groups in total. The fourth-order valence-electron chi connectivity index (χ4n) is 1.27. The molecule has 0 aromatic carbocycles. The molecule has 2 rings (SSSR count). The molecule has 2 atom stereocenters. The third kappa shape index (κ3) is 0.915. The van der Waals surface area contributed by atoms with Crippen molar-refractivity contribution >= 4 is 33.6 Å². The van der Waals surface area contributed by atoms with Crippen LogP contribution in [0.4, 0.5) is 0 Å². The van der Waals surface area contributed by atoms with E-state index in [0.717, 1.165) is 5.75 Å². The van der Waals surface area contributed by atoms with Gasteiger partial charge in [0, 0.05) is 5.75 Å². The summed E-state index contributed by atoms with van der Waals surface area (Å²) in [6.07, 6.45) is 1.79. The van der Waals surface area contributed by atoms with Gasteiger partial charge in [0.15, 0.2) is 0 Å². The van der Waals surface area contributed by atoms with Gasteiger partial charge in [0.2, 0.25) is 5.91 Å². The Balaban J connectivity index is 2.28. The summed E-state index contributed by atoms with van der Waals surface area (Å²) in [4.78, 5) is 12.7. The van der Waals surface area contributed by atoms with Crippen LogP contribution in [0, 0.1) is 11.3 Å². The molecular formula is C7H5BrN2OS. The molecule has 1 amide bonds. The summed E-state index contributed by atoms with van der Waals surface area (Å²) in [7, 11) is 0. The van der Waals surface area contributed by atoms with Gasteiger partial charge in [0.25, 0.3) is 0 Å². The van der Waals surface area contributed by atoms with Crippen LogP contribution in [0.2, 0.25) is 0 Å². The van der Waals surface area contributed by atoms with Crippen LogP contribution in [0.5, 0.6) is 0 Å². The normalized spacial score (nSPS) is 33.2. The van der Waals surface area contributed by atoms with Crippen LogP contribution in [0.15, 0.2) is 11.8 Å². The van der Waals surface area contributed by atoms with Gasteiger partial charge in [-0.3, -0.25) is 9.69 Å². The standard InChI is InChI=1S/C7H5BrN2OS/c8-5-6(11)10-4(3-9)1-2-12-7(5)10/h1,5,7H,2H2/t5-,7+/m0/s1. The molecule has 0 aromatic heterocycles. The molecule has 1 fully saturated rings. The number of alkyl halides is 1. The van der Waals surface area contributed by atoms with Gasteiger partial charge in [0.1, 0.15) is 22.0 Å². The second kappa shape index (κ2) is 2.79. The second-order valence-corrected chi connectivity index (χ2v) is 4.67. The Kier molecular flexibility index (Phi) is 1.89. The first-order chi connectivity index (χ1) is 5.75. The Morgan fingerprint density at radius 3 is 3.25 bits per heavy atom. The van der Waals surface area contributed by atoms with Gasteiger partial charge in [-0.05, 0) is 6.08 Å². The number of allylic oxidation sites excluding steroid dienone is 1. The van der Waals surface area contributed by atoms with Crippen molar-refractivity contribution in [2.24, 2.45) is 0 Å². The summed E-state index contributed by atoms with van der Waals surface area (Å²) in [5, 5.41) is 8.82. The largest absolute Gasteiger partial charge is 0.288 e. The van der Waals surface area contributed by atoms with Crippen LogP contribution < -0.4 is 0 Å². The Hall–Kier alpha value is -0.470. The number of fused-ring (bicyclic) bond motifs is 1. The number of nitrogens with zero attached hydrogens (tertiary/aromatic N) is 2. The third-order valence-electron chi connectivity index (χ3n) is 1.90. The molecule has 0 radical (unpaired) electrons. The van der Waals surface area contributed by atoms with E-state index in [0.29, 0.717) is 5.70 Å². The maximum absolute atomic E-state index is 11.2. The lowest BCUT2D eigenvalue weighted by atomic mass is 10.1. The minimum absolute atomic E-state index is 0.000000000000000444. The van der Waals surface area contributed by atoms with E-state index in [4.69, 9.17) is 5.26 Å². The predicted molar refractivity (Wildman–Crippen MR) is 49.5 cm³/mol. The van der Waals surface area contributed by atoms with E-state index in [-0.39, 0.29) is 16.1 Å². The van der Waals surface area contributed by atoms with Crippen molar-refractivity contribution in [1.82, 2.24) is 4.90 Å².